The fraction of sp³-hybridized carbons (Fsp3) is 0.294. The summed E-state index contributed by atoms with van der Waals surface area (Å²) in [6.07, 6.45) is 0.965. The Balaban J connectivity index is 2.55. The lowest BCUT2D eigenvalue weighted by Crippen LogP contribution is -2.24. The number of hydrogen-bond donors (Lipinski definition) is 1. The smallest absolute Gasteiger partial charge is 0.123 e. The molecule has 0 saturated heterocycles. The Bertz CT molecular complexity index is 608. The Morgan fingerprint density at radius 1 is 1.14 bits per heavy atom. The van der Waals surface area contributed by atoms with Crippen LogP contribution in [0.4, 0.5) is 4.39 Å². The van der Waals surface area contributed by atoms with E-state index in [2.05, 4.69) is 12.2 Å². The average Bonchev–Trinajstić information content (AvgIpc) is 2.45. The van der Waals surface area contributed by atoms with Crippen molar-refractivity contribution in [2.45, 2.75) is 26.3 Å². The molecular formula is C17H18Cl2FN. The van der Waals surface area contributed by atoms with Gasteiger partial charge in [0.15, 0.2) is 0 Å². The summed E-state index contributed by atoms with van der Waals surface area (Å²) >= 11 is 12.7. The Labute approximate surface area is 135 Å². The minimum atomic E-state index is -0.262. The molecule has 0 spiro atoms. The molecule has 0 fully saturated rings. The summed E-state index contributed by atoms with van der Waals surface area (Å²) in [7, 11) is 0. The Morgan fingerprint density at radius 3 is 2.43 bits per heavy atom. The van der Waals surface area contributed by atoms with Crippen LogP contribution in [-0.2, 0) is 0 Å². The number of rotatable bonds is 5. The molecule has 1 unspecified atom stereocenters. The van der Waals surface area contributed by atoms with E-state index >= 15 is 0 Å². The standard InChI is InChI=1S/C17H18Cl2FN/c1-3-9-21-17(13-10-12(20)8-7-11(13)2)16-14(18)5-4-6-15(16)19/h4-8,10,17,21H,3,9H2,1-2H3. The summed E-state index contributed by atoms with van der Waals surface area (Å²) in [4.78, 5) is 0. The molecule has 0 amide bonds. The third-order valence-electron chi connectivity index (χ3n) is 3.44. The first-order chi connectivity index (χ1) is 10.0. The summed E-state index contributed by atoms with van der Waals surface area (Å²) in [6, 6.07) is 9.98. The maximum Gasteiger partial charge on any atom is 0.123 e. The molecule has 1 N–H and O–H groups in total. The van der Waals surface area contributed by atoms with Gasteiger partial charge in [-0.15, -0.1) is 0 Å². The fourth-order valence-corrected chi connectivity index (χ4v) is 2.98. The number of halogens is 3. The van der Waals surface area contributed by atoms with Gasteiger partial charge in [0, 0.05) is 15.6 Å². The van der Waals surface area contributed by atoms with E-state index in [1.54, 1.807) is 24.3 Å². The highest BCUT2D eigenvalue weighted by Crippen LogP contribution is 2.35. The van der Waals surface area contributed by atoms with E-state index in [9.17, 15) is 4.39 Å². The minimum Gasteiger partial charge on any atom is -0.306 e. The lowest BCUT2D eigenvalue weighted by atomic mass is 9.94. The summed E-state index contributed by atoms with van der Waals surface area (Å²) < 4.78 is 13.7. The van der Waals surface area contributed by atoms with Crippen molar-refractivity contribution in [2.24, 2.45) is 0 Å². The molecule has 0 heterocycles. The van der Waals surface area contributed by atoms with Crippen LogP contribution in [0.3, 0.4) is 0 Å². The van der Waals surface area contributed by atoms with Gasteiger partial charge in [-0.3, -0.25) is 0 Å². The largest absolute Gasteiger partial charge is 0.306 e. The molecule has 2 aromatic carbocycles. The zero-order valence-electron chi connectivity index (χ0n) is 12.1. The topological polar surface area (TPSA) is 12.0 Å². The second-order valence-corrected chi connectivity index (χ2v) is 5.84. The fourth-order valence-electron chi connectivity index (χ4n) is 2.37. The van der Waals surface area contributed by atoms with Gasteiger partial charge in [0.05, 0.1) is 6.04 Å². The van der Waals surface area contributed by atoms with Crippen LogP contribution in [0.15, 0.2) is 36.4 Å². The molecule has 21 heavy (non-hydrogen) atoms. The molecule has 0 aliphatic heterocycles. The molecule has 112 valence electrons. The molecule has 0 radical (unpaired) electrons. The van der Waals surface area contributed by atoms with E-state index in [-0.39, 0.29) is 11.9 Å². The summed E-state index contributed by atoms with van der Waals surface area (Å²) in [5, 5.41) is 4.58. The quantitative estimate of drug-likeness (QED) is 0.762. The molecular weight excluding hydrogens is 308 g/mol. The maximum atomic E-state index is 13.7. The van der Waals surface area contributed by atoms with Gasteiger partial charge >= 0.3 is 0 Å². The van der Waals surface area contributed by atoms with Gasteiger partial charge in [-0.2, -0.15) is 0 Å². The molecule has 2 rings (SSSR count). The van der Waals surface area contributed by atoms with Crippen molar-refractivity contribution in [3.05, 3.63) is 69.0 Å². The molecule has 4 heteroatoms. The van der Waals surface area contributed by atoms with Gasteiger partial charge in [0.1, 0.15) is 5.82 Å². The highest BCUT2D eigenvalue weighted by Gasteiger charge is 2.21. The maximum absolute atomic E-state index is 13.7. The minimum absolute atomic E-state index is 0.221. The lowest BCUT2D eigenvalue weighted by molar-refractivity contribution is 0.583. The van der Waals surface area contributed by atoms with Crippen molar-refractivity contribution in [1.29, 1.82) is 0 Å². The van der Waals surface area contributed by atoms with Gasteiger partial charge in [-0.25, -0.2) is 4.39 Å². The van der Waals surface area contributed by atoms with Crippen LogP contribution in [0.25, 0.3) is 0 Å². The second-order valence-electron chi connectivity index (χ2n) is 5.02. The van der Waals surface area contributed by atoms with Gasteiger partial charge in [-0.1, -0.05) is 42.3 Å². The third-order valence-corrected chi connectivity index (χ3v) is 4.10. The first kappa shape index (κ1) is 16.3. The van der Waals surface area contributed by atoms with Crippen molar-refractivity contribution in [1.82, 2.24) is 5.32 Å². The van der Waals surface area contributed by atoms with Crippen molar-refractivity contribution >= 4 is 23.2 Å². The molecule has 2 aromatic rings. The Hall–Kier alpha value is -1.09. The molecule has 0 aliphatic rings. The van der Waals surface area contributed by atoms with Crippen molar-refractivity contribution < 1.29 is 4.39 Å². The Morgan fingerprint density at radius 2 is 1.81 bits per heavy atom. The predicted molar refractivity (Wildman–Crippen MR) is 87.7 cm³/mol. The van der Waals surface area contributed by atoms with E-state index < -0.39 is 0 Å². The number of hydrogen-bond acceptors (Lipinski definition) is 1. The van der Waals surface area contributed by atoms with Crippen molar-refractivity contribution in [3.8, 4) is 0 Å². The second kappa shape index (κ2) is 7.26. The van der Waals surface area contributed by atoms with Crippen LogP contribution in [0.2, 0.25) is 10.0 Å². The number of benzene rings is 2. The van der Waals surface area contributed by atoms with E-state index in [0.717, 1.165) is 29.7 Å². The van der Waals surface area contributed by atoms with Gasteiger partial charge < -0.3 is 5.32 Å². The van der Waals surface area contributed by atoms with E-state index in [4.69, 9.17) is 23.2 Å². The van der Waals surface area contributed by atoms with E-state index in [0.29, 0.717) is 10.0 Å². The Kier molecular flexibility index (Phi) is 5.63. The van der Waals surface area contributed by atoms with E-state index in [1.165, 1.54) is 6.07 Å². The van der Waals surface area contributed by atoms with Gasteiger partial charge in [0.2, 0.25) is 0 Å². The van der Waals surface area contributed by atoms with Crippen LogP contribution in [0.5, 0.6) is 0 Å². The molecule has 0 bridgehead atoms. The first-order valence-corrected chi connectivity index (χ1v) is 7.73. The zero-order valence-corrected chi connectivity index (χ0v) is 13.6. The van der Waals surface area contributed by atoms with Crippen LogP contribution >= 0.6 is 23.2 Å². The molecule has 0 aliphatic carbocycles. The van der Waals surface area contributed by atoms with Crippen LogP contribution in [0.1, 0.15) is 36.1 Å². The normalized spacial score (nSPS) is 12.4. The lowest BCUT2D eigenvalue weighted by Gasteiger charge is -2.23. The van der Waals surface area contributed by atoms with Crippen molar-refractivity contribution in [2.75, 3.05) is 6.54 Å². The summed E-state index contributed by atoms with van der Waals surface area (Å²) in [5.41, 5.74) is 2.66. The monoisotopic (exact) mass is 325 g/mol. The summed E-state index contributed by atoms with van der Waals surface area (Å²) in [6.45, 7) is 4.83. The van der Waals surface area contributed by atoms with Gasteiger partial charge in [0.25, 0.3) is 0 Å². The van der Waals surface area contributed by atoms with Gasteiger partial charge in [-0.05, 0) is 55.3 Å². The van der Waals surface area contributed by atoms with Crippen LogP contribution < -0.4 is 5.32 Å². The number of nitrogens with one attached hydrogen (secondary N) is 1. The van der Waals surface area contributed by atoms with Crippen molar-refractivity contribution in [3.63, 3.8) is 0 Å². The SMILES string of the molecule is CCCNC(c1cc(F)ccc1C)c1c(Cl)cccc1Cl. The average molecular weight is 326 g/mol. The first-order valence-electron chi connectivity index (χ1n) is 6.98. The molecule has 1 nitrogen and oxygen atoms in total. The predicted octanol–water partition coefficient (Wildman–Crippen LogP) is 5.53. The third kappa shape index (κ3) is 3.76. The summed E-state index contributed by atoms with van der Waals surface area (Å²) in [5.74, 6) is -0.262. The zero-order chi connectivity index (χ0) is 15.4. The molecule has 0 saturated carbocycles. The van der Waals surface area contributed by atoms with E-state index in [1.807, 2.05) is 13.0 Å². The highest BCUT2D eigenvalue weighted by atomic mass is 35.5. The van der Waals surface area contributed by atoms with Crippen LogP contribution in [-0.4, -0.2) is 6.54 Å². The molecule has 1 atom stereocenters. The molecule has 0 aromatic heterocycles. The number of aryl methyl sites for hydroxylation is 1. The highest BCUT2D eigenvalue weighted by molar-refractivity contribution is 6.36. The van der Waals surface area contributed by atoms with Crippen LogP contribution in [0, 0.1) is 12.7 Å².